The fourth-order valence-corrected chi connectivity index (χ4v) is 3.54. The van der Waals surface area contributed by atoms with Crippen LogP contribution in [0.3, 0.4) is 0 Å². The van der Waals surface area contributed by atoms with E-state index in [0.717, 1.165) is 30.6 Å². The molecule has 0 bridgehead atoms. The van der Waals surface area contributed by atoms with Crippen LogP contribution in [0.25, 0.3) is 0 Å². The van der Waals surface area contributed by atoms with Crippen LogP contribution in [0.1, 0.15) is 22.4 Å². The summed E-state index contributed by atoms with van der Waals surface area (Å²) < 4.78 is 57.5. The summed E-state index contributed by atoms with van der Waals surface area (Å²) in [6, 6.07) is 9.85. The maximum Gasteiger partial charge on any atom is 0.425 e. The monoisotopic (exact) mass is 489 g/mol. The third-order valence-corrected chi connectivity index (χ3v) is 5.36. The molecule has 0 aliphatic carbocycles. The number of carbonyl (C=O) groups excluding carboxylic acids is 1. The zero-order valence-electron chi connectivity index (χ0n) is 18.8. The average Bonchev–Trinajstić information content (AvgIpc) is 3.22. The second-order valence-electron chi connectivity index (χ2n) is 7.63. The van der Waals surface area contributed by atoms with E-state index in [2.05, 4.69) is 15.6 Å². The Bertz CT molecular complexity index is 1250. The van der Waals surface area contributed by atoms with E-state index < -0.39 is 34.6 Å². The van der Waals surface area contributed by atoms with Crippen molar-refractivity contribution in [1.29, 1.82) is 5.41 Å². The Balaban J connectivity index is 2.11. The summed E-state index contributed by atoms with van der Waals surface area (Å²) in [6.45, 7) is -0.280. The number of aromatic nitrogens is 1. The molecule has 0 fully saturated rings. The average molecular weight is 489 g/mol. The van der Waals surface area contributed by atoms with E-state index in [1.165, 1.54) is 55.2 Å². The third-order valence-electron chi connectivity index (χ3n) is 5.36. The number of amides is 1. The summed E-state index contributed by atoms with van der Waals surface area (Å²) in [6.07, 6.45) is -1.97. The van der Waals surface area contributed by atoms with Gasteiger partial charge in [-0.1, -0.05) is 6.07 Å². The fourth-order valence-electron chi connectivity index (χ4n) is 3.54. The first-order valence-electron chi connectivity index (χ1n) is 10.3. The third kappa shape index (κ3) is 5.24. The van der Waals surface area contributed by atoms with Crippen molar-refractivity contribution in [2.75, 3.05) is 19.4 Å². The molecule has 0 saturated heterocycles. The number of likely N-dealkylation sites (N-methyl/N-ethyl adjacent to an activating group) is 1. The van der Waals surface area contributed by atoms with Crippen LogP contribution >= 0.6 is 0 Å². The van der Waals surface area contributed by atoms with Gasteiger partial charge in [-0.05, 0) is 48.0 Å². The molecular formula is C24H23F4N5O2. The standard InChI is InChI=1S/C24H23F4N5O2/c1-30-12-20-10-17(13-33(20)14-22(34)31-2)23(35,24(26,27)28)16-3-8-21(15(9-16)11-29)32-19-6-4-18(25)5-7-19/h3-13,29,32,35H,14H2,1-2H3,(H,31,34). The first kappa shape index (κ1) is 25.6. The molecule has 184 valence electrons. The first-order chi connectivity index (χ1) is 16.5. The number of aliphatic imine (C=N–C) groups is 1. The molecule has 0 aliphatic rings. The van der Waals surface area contributed by atoms with Crippen molar-refractivity contribution in [3.63, 3.8) is 0 Å². The molecular weight excluding hydrogens is 466 g/mol. The van der Waals surface area contributed by atoms with Gasteiger partial charge in [-0.3, -0.25) is 9.79 Å². The summed E-state index contributed by atoms with van der Waals surface area (Å²) in [5.74, 6) is -0.903. The molecule has 1 aromatic heterocycles. The van der Waals surface area contributed by atoms with E-state index in [1.807, 2.05) is 0 Å². The van der Waals surface area contributed by atoms with Crippen molar-refractivity contribution in [3.8, 4) is 0 Å². The Labute approximate surface area is 198 Å². The zero-order chi connectivity index (χ0) is 25.8. The van der Waals surface area contributed by atoms with Crippen LogP contribution < -0.4 is 10.6 Å². The highest BCUT2D eigenvalue weighted by Gasteiger charge is 2.57. The van der Waals surface area contributed by atoms with Crippen LogP contribution in [0.4, 0.5) is 28.9 Å². The number of rotatable bonds is 8. The van der Waals surface area contributed by atoms with Crippen molar-refractivity contribution in [3.05, 3.63) is 82.9 Å². The lowest BCUT2D eigenvalue weighted by Gasteiger charge is -2.31. The van der Waals surface area contributed by atoms with Crippen LogP contribution in [0.15, 0.2) is 59.7 Å². The number of halogens is 4. The van der Waals surface area contributed by atoms with Gasteiger partial charge in [-0.25, -0.2) is 4.39 Å². The smallest absolute Gasteiger partial charge is 0.372 e. The van der Waals surface area contributed by atoms with E-state index >= 15 is 0 Å². The molecule has 0 spiro atoms. The molecule has 3 aromatic rings. The summed E-state index contributed by atoms with van der Waals surface area (Å²) in [5.41, 5.74) is -3.47. The van der Waals surface area contributed by atoms with Gasteiger partial charge in [0.05, 0.1) is 5.69 Å². The molecule has 0 aliphatic heterocycles. The second kappa shape index (κ2) is 10.1. The van der Waals surface area contributed by atoms with Gasteiger partial charge in [0, 0.05) is 55.2 Å². The highest BCUT2D eigenvalue weighted by Crippen LogP contribution is 2.45. The van der Waals surface area contributed by atoms with Gasteiger partial charge in [0.25, 0.3) is 0 Å². The molecule has 35 heavy (non-hydrogen) atoms. The number of alkyl halides is 3. The van der Waals surface area contributed by atoms with Crippen molar-refractivity contribution in [2.24, 2.45) is 4.99 Å². The summed E-state index contributed by atoms with van der Waals surface area (Å²) in [4.78, 5) is 15.7. The zero-order valence-corrected chi connectivity index (χ0v) is 18.8. The number of anilines is 2. The lowest BCUT2D eigenvalue weighted by molar-refractivity contribution is -0.248. The molecule has 1 heterocycles. The number of hydrogen-bond acceptors (Lipinski definition) is 5. The Hall–Kier alpha value is -3.99. The van der Waals surface area contributed by atoms with Crippen LogP contribution in [0, 0.1) is 11.2 Å². The second-order valence-corrected chi connectivity index (χ2v) is 7.63. The Kier molecular flexibility index (Phi) is 7.39. The van der Waals surface area contributed by atoms with E-state index in [1.54, 1.807) is 0 Å². The Morgan fingerprint density at radius 3 is 2.40 bits per heavy atom. The number of hydrogen-bond donors (Lipinski definition) is 4. The number of carbonyl (C=O) groups is 1. The maximum atomic E-state index is 14.4. The summed E-state index contributed by atoms with van der Waals surface area (Å²) in [7, 11) is 2.82. The van der Waals surface area contributed by atoms with Gasteiger partial charge in [0.15, 0.2) is 0 Å². The van der Waals surface area contributed by atoms with Gasteiger partial charge < -0.3 is 25.7 Å². The van der Waals surface area contributed by atoms with Gasteiger partial charge in [-0.2, -0.15) is 13.2 Å². The van der Waals surface area contributed by atoms with Gasteiger partial charge in [0.1, 0.15) is 12.4 Å². The fraction of sp³-hybridized carbons (Fsp3) is 0.208. The molecule has 0 saturated carbocycles. The number of aliphatic hydroxyl groups is 1. The molecule has 11 heteroatoms. The van der Waals surface area contributed by atoms with Gasteiger partial charge in [0.2, 0.25) is 11.5 Å². The number of nitrogens with zero attached hydrogens (tertiary/aromatic N) is 2. The minimum atomic E-state index is -5.14. The summed E-state index contributed by atoms with van der Waals surface area (Å²) in [5, 5.41) is 24.1. The van der Waals surface area contributed by atoms with Crippen molar-refractivity contribution >= 4 is 29.7 Å². The largest absolute Gasteiger partial charge is 0.425 e. The molecule has 3 rings (SSSR count). The Morgan fingerprint density at radius 1 is 1.14 bits per heavy atom. The normalized spacial score (nSPS) is 13.5. The van der Waals surface area contributed by atoms with Crippen LogP contribution in [-0.4, -0.2) is 48.3 Å². The minimum absolute atomic E-state index is 0.0645. The summed E-state index contributed by atoms with van der Waals surface area (Å²) >= 11 is 0. The minimum Gasteiger partial charge on any atom is -0.372 e. The number of nitrogens with one attached hydrogen (secondary N) is 3. The lowest BCUT2D eigenvalue weighted by Crippen LogP contribution is -2.43. The van der Waals surface area contributed by atoms with Gasteiger partial charge >= 0.3 is 6.18 Å². The SMILES string of the molecule is CN=Cc1cc(C(O)(c2ccc(Nc3ccc(F)cc3)c(C=N)c2)C(F)(F)F)cn1CC(=O)NC. The molecule has 7 nitrogen and oxygen atoms in total. The van der Waals surface area contributed by atoms with E-state index in [4.69, 9.17) is 5.41 Å². The van der Waals surface area contributed by atoms with E-state index in [-0.39, 0.29) is 23.5 Å². The van der Waals surface area contributed by atoms with Crippen molar-refractivity contribution < 1.29 is 27.5 Å². The highest BCUT2D eigenvalue weighted by atomic mass is 19.4. The van der Waals surface area contributed by atoms with Crippen molar-refractivity contribution in [1.82, 2.24) is 9.88 Å². The molecule has 0 radical (unpaired) electrons. The molecule has 4 N–H and O–H groups in total. The number of benzene rings is 2. The maximum absolute atomic E-state index is 14.4. The molecule has 1 atom stereocenters. The molecule has 1 unspecified atom stereocenters. The highest BCUT2D eigenvalue weighted by molar-refractivity contribution is 5.88. The van der Waals surface area contributed by atoms with Crippen molar-refractivity contribution in [2.45, 2.75) is 18.3 Å². The van der Waals surface area contributed by atoms with Gasteiger partial charge in [-0.15, -0.1) is 0 Å². The topological polar surface area (TPSA) is 102 Å². The van der Waals surface area contributed by atoms with E-state index in [0.29, 0.717) is 5.69 Å². The first-order valence-corrected chi connectivity index (χ1v) is 10.3. The lowest BCUT2D eigenvalue weighted by atomic mass is 9.86. The van der Waals surface area contributed by atoms with E-state index in [9.17, 15) is 27.5 Å². The predicted molar refractivity (Wildman–Crippen MR) is 125 cm³/mol. The molecule has 2 aromatic carbocycles. The predicted octanol–water partition coefficient (Wildman–Crippen LogP) is 3.96. The Morgan fingerprint density at radius 2 is 1.83 bits per heavy atom. The molecule has 1 amide bonds. The van der Waals surface area contributed by atoms with Crippen LogP contribution in [-0.2, 0) is 16.9 Å². The van der Waals surface area contributed by atoms with Crippen LogP contribution in [0.2, 0.25) is 0 Å². The quantitative estimate of drug-likeness (QED) is 0.285. The van der Waals surface area contributed by atoms with Crippen LogP contribution in [0.5, 0.6) is 0 Å².